The van der Waals surface area contributed by atoms with E-state index in [0.717, 1.165) is 9.76 Å². The summed E-state index contributed by atoms with van der Waals surface area (Å²) in [7, 11) is 16.5. The van der Waals surface area contributed by atoms with Crippen molar-refractivity contribution < 1.29 is 0 Å². The third kappa shape index (κ3) is 24.6. The van der Waals surface area contributed by atoms with Crippen LogP contribution in [0.1, 0.15) is 183 Å². The van der Waals surface area contributed by atoms with Crippen molar-refractivity contribution in [3.63, 3.8) is 0 Å². The summed E-state index contributed by atoms with van der Waals surface area (Å²) in [5.41, 5.74) is 29.5. The molecule has 0 N–H and O–H groups in total. The molecule has 8 aromatic heterocycles. The summed E-state index contributed by atoms with van der Waals surface area (Å²) in [5, 5.41) is 0.856. The Morgan fingerprint density at radius 3 is 0.735 bits per heavy atom. The van der Waals surface area contributed by atoms with E-state index in [2.05, 4.69) is 307 Å². The van der Waals surface area contributed by atoms with Crippen molar-refractivity contribution in [2.24, 2.45) is 56.4 Å². The first-order valence-corrected chi connectivity index (χ1v) is 29.0. The Hall–Kier alpha value is -3.55. The molecule has 0 aliphatic rings. The van der Waals surface area contributed by atoms with Crippen LogP contribution in [-0.4, -0.2) is 36.5 Å². The molecule has 8 nitrogen and oxygen atoms in total. The van der Waals surface area contributed by atoms with Gasteiger partial charge in [-0.15, -0.1) is 0 Å². The van der Waals surface area contributed by atoms with E-state index in [-0.39, 0.29) is 59.4 Å². The van der Waals surface area contributed by atoms with E-state index < -0.39 is 0 Å². The smallest absolute Gasteiger partial charge is 0.112 e. The maximum Gasteiger partial charge on any atom is 0.112 e. The fraction of sp³-hybridized carbons (Fsp3) is 0.543. The van der Waals surface area contributed by atoms with Crippen LogP contribution in [0, 0.1) is 152 Å². The summed E-state index contributed by atoms with van der Waals surface area (Å²) in [6.45, 7) is 46.7. The zero-order valence-electron chi connectivity index (χ0n) is 51.9. The average Bonchev–Trinajstić information content (AvgIpc) is 4.12. The van der Waals surface area contributed by atoms with E-state index in [9.17, 15) is 0 Å². The Morgan fingerprint density at radius 1 is 0.277 bits per heavy atom. The van der Waals surface area contributed by atoms with E-state index in [4.69, 9.17) is 11.6 Å². The van der Waals surface area contributed by atoms with Gasteiger partial charge in [-0.1, -0.05) is 71.0 Å². The molecule has 8 heterocycles. The number of aromatic nitrogens is 8. The molecule has 0 saturated heterocycles. The quantitative estimate of drug-likeness (QED) is 0.145. The number of hydrogen-bond donors (Lipinski definition) is 0. The van der Waals surface area contributed by atoms with Gasteiger partial charge in [0.2, 0.25) is 0 Å². The highest BCUT2D eigenvalue weighted by Crippen LogP contribution is 2.30. The van der Waals surface area contributed by atoms with E-state index in [0.29, 0.717) is 0 Å². The minimum Gasteiger partial charge on any atom is -0.354 e. The molecule has 0 unspecified atom stereocenters. The van der Waals surface area contributed by atoms with Crippen molar-refractivity contribution in [1.29, 1.82) is 0 Å². The van der Waals surface area contributed by atoms with Crippen LogP contribution in [0.3, 0.4) is 0 Å². The number of nitrogens with zero attached hydrogens (tertiary/aromatic N) is 8. The van der Waals surface area contributed by atoms with Crippen molar-refractivity contribution in [1.82, 2.24) is 36.5 Å². The van der Waals surface area contributed by atoms with E-state index in [1.165, 1.54) is 137 Å². The monoisotopic (exact) mass is 1430 g/mol. The van der Waals surface area contributed by atoms with Crippen molar-refractivity contribution in [2.45, 2.75) is 212 Å². The maximum atomic E-state index is 5.97. The molecular formula is C70H127Br4ClN8. The SMILES string of the molecule is C.C.C.C.C.C.C.C.Cc1c(Br)c(C)n(C)c1Br.Cc1c(C)c(Br)n(C)c1C.Cc1c(C)c(C)n(C)c1C.Cc1c(C)c(Cl)n(C)c1C.Cc1cc(C)n(C)c1.Cc1cc(C)n(C)c1Br.Cc1cc(C)n(C)c1C.Cc1cn(C)c(C)c1C. The molecule has 8 rings (SSSR count). The number of aryl methyl sites for hydroxylation is 9. The highest BCUT2D eigenvalue weighted by atomic mass is 79.9. The molecule has 0 aliphatic heterocycles. The Kier molecular flexibility index (Phi) is 47.9. The van der Waals surface area contributed by atoms with E-state index in [1.807, 2.05) is 32.6 Å². The standard InChI is InChI=1S/C9H15N.C8H12BrN.C8H12ClN.2C8H13N.C7H9Br2N.C7H10BrN.C7H11N.8CH4/c1-6-7(2)9(4)10(5)8(6)3;2*1-5-6(2)8(9)10(4)7(5)3;1-6-5-9(4)8(3)7(6)2;1-6-5-7(2)9(4)8(6)3;1-4-6(8)5(2)10(3)7(4)9;1-5-4-6(2)9(3)7(5)8;1-6-4-7(2)8(3)5-6;;;;;;;;/h1-5H3;2*1-4H3;2*5H,1-4H3;1-3H3;4H,1-3H3;4-5H,1-3H3;8*1H4. The van der Waals surface area contributed by atoms with Crippen LogP contribution >= 0.6 is 75.3 Å². The third-order valence-electron chi connectivity index (χ3n) is 15.9. The first-order valence-electron chi connectivity index (χ1n) is 25.5. The third-order valence-corrected chi connectivity index (χ3v) is 21.0. The van der Waals surface area contributed by atoms with Crippen LogP contribution in [-0.2, 0) is 56.4 Å². The Balaban J connectivity index is -0.000000127. The van der Waals surface area contributed by atoms with Gasteiger partial charge < -0.3 is 36.5 Å². The summed E-state index contributed by atoms with van der Waals surface area (Å²) < 4.78 is 21.8. The fourth-order valence-electron chi connectivity index (χ4n) is 8.20. The van der Waals surface area contributed by atoms with Crippen LogP contribution in [0.5, 0.6) is 0 Å². The first-order chi connectivity index (χ1) is 34.3. The molecular weight excluding hydrogens is 1310 g/mol. The van der Waals surface area contributed by atoms with Gasteiger partial charge in [0, 0.05) is 130 Å². The lowest BCUT2D eigenvalue weighted by Crippen LogP contribution is -1.92. The number of hydrogen-bond acceptors (Lipinski definition) is 0. The van der Waals surface area contributed by atoms with Crippen molar-refractivity contribution in [2.75, 3.05) is 0 Å². The molecule has 0 atom stereocenters. The molecule has 0 amide bonds. The van der Waals surface area contributed by atoms with Gasteiger partial charge in [-0.05, 0) is 301 Å². The molecule has 0 aromatic carbocycles. The molecule has 13 heteroatoms. The molecule has 0 aliphatic carbocycles. The van der Waals surface area contributed by atoms with Gasteiger partial charge >= 0.3 is 0 Å². The second-order valence-corrected chi connectivity index (χ2v) is 24.0. The summed E-state index contributed by atoms with van der Waals surface area (Å²) in [6, 6.07) is 6.53. The molecule has 0 fully saturated rings. The van der Waals surface area contributed by atoms with Crippen molar-refractivity contribution in [3.8, 4) is 0 Å². The predicted molar refractivity (Wildman–Crippen MR) is 397 cm³/mol. The Bertz CT molecular complexity index is 2410. The topological polar surface area (TPSA) is 39.4 Å². The molecule has 83 heavy (non-hydrogen) atoms. The van der Waals surface area contributed by atoms with Gasteiger partial charge in [0.25, 0.3) is 0 Å². The molecule has 0 bridgehead atoms. The van der Waals surface area contributed by atoms with Crippen LogP contribution < -0.4 is 0 Å². The number of halogens is 5. The highest BCUT2D eigenvalue weighted by molar-refractivity contribution is 9.11. The van der Waals surface area contributed by atoms with Gasteiger partial charge in [-0.3, -0.25) is 0 Å². The second-order valence-electron chi connectivity index (χ2n) is 20.6. The molecule has 0 radical (unpaired) electrons. The second kappa shape index (κ2) is 41.5. The van der Waals surface area contributed by atoms with E-state index >= 15 is 0 Å². The Morgan fingerprint density at radius 2 is 0.639 bits per heavy atom. The zero-order valence-corrected chi connectivity index (χ0v) is 59.0. The van der Waals surface area contributed by atoms with Crippen LogP contribution in [0.4, 0.5) is 0 Å². The minimum absolute atomic E-state index is 0. The van der Waals surface area contributed by atoms with Gasteiger partial charge in [0.05, 0.1) is 13.8 Å². The van der Waals surface area contributed by atoms with Crippen LogP contribution in [0.15, 0.2) is 48.9 Å². The lowest BCUT2D eigenvalue weighted by Gasteiger charge is -1.98. The first kappa shape index (κ1) is 95.8. The molecule has 482 valence electrons. The van der Waals surface area contributed by atoms with Crippen molar-refractivity contribution >= 4 is 75.3 Å². The molecule has 0 saturated carbocycles. The minimum atomic E-state index is 0. The van der Waals surface area contributed by atoms with Crippen molar-refractivity contribution in [3.05, 3.63) is 178 Å². The summed E-state index contributed by atoms with van der Waals surface area (Å²) in [6.07, 6.45) is 4.28. The predicted octanol–water partition coefficient (Wildman–Crippen LogP) is 23.8. The highest BCUT2D eigenvalue weighted by Gasteiger charge is 2.11. The average molecular weight is 1440 g/mol. The fourth-order valence-corrected chi connectivity index (χ4v) is 10.6. The van der Waals surface area contributed by atoms with Crippen LogP contribution in [0.2, 0.25) is 5.15 Å². The summed E-state index contributed by atoms with van der Waals surface area (Å²) >= 11 is 19.9. The summed E-state index contributed by atoms with van der Waals surface area (Å²) in [5.74, 6) is 0. The summed E-state index contributed by atoms with van der Waals surface area (Å²) in [4.78, 5) is 0. The molecule has 0 spiro atoms. The van der Waals surface area contributed by atoms with Crippen LogP contribution in [0.25, 0.3) is 0 Å². The van der Waals surface area contributed by atoms with Gasteiger partial charge in [-0.2, -0.15) is 0 Å². The van der Waals surface area contributed by atoms with Gasteiger partial charge in [0.15, 0.2) is 0 Å². The normalized spacial score (nSPS) is 9.34. The van der Waals surface area contributed by atoms with Gasteiger partial charge in [0.1, 0.15) is 5.15 Å². The lowest BCUT2D eigenvalue weighted by molar-refractivity contribution is 0.838. The van der Waals surface area contributed by atoms with Gasteiger partial charge in [-0.25, -0.2) is 0 Å². The number of rotatable bonds is 0. The van der Waals surface area contributed by atoms with E-state index in [1.54, 1.807) is 0 Å². The lowest BCUT2D eigenvalue weighted by atomic mass is 10.2. The Labute approximate surface area is 553 Å². The molecule has 8 aromatic rings. The maximum absolute atomic E-state index is 5.97. The largest absolute Gasteiger partial charge is 0.354 e. The zero-order chi connectivity index (χ0) is 58.7.